The lowest BCUT2D eigenvalue weighted by molar-refractivity contribution is -0.337. The van der Waals surface area contributed by atoms with Gasteiger partial charge in [-0.1, -0.05) is 38.0 Å². The lowest BCUT2D eigenvalue weighted by Crippen LogP contribution is -2.78. The number of methoxy groups -OCH3 is 2. The Morgan fingerprint density at radius 3 is 2.00 bits per heavy atom. The van der Waals surface area contributed by atoms with Crippen LogP contribution in [0.25, 0.3) is 0 Å². The van der Waals surface area contributed by atoms with Crippen molar-refractivity contribution in [2.24, 2.45) is 22.7 Å². The van der Waals surface area contributed by atoms with E-state index in [1.165, 1.54) is 13.0 Å². The maximum absolute atomic E-state index is 13.5. The van der Waals surface area contributed by atoms with Gasteiger partial charge in [-0.3, -0.25) is 4.79 Å². The molecule has 16 heteroatoms. The fourth-order valence-corrected chi connectivity index (χ4v) is 12.7. The van der Waals surface area contributed by atoms with Gasteiger partial charge in [-0.25, -0.2) is 4.79 Å². The smallest absolute Gasteiger partial charge is 0.330 e. The van der Waals surface area contributed by atoms with Crippen LogP contribution in [0, 0.1) is 22.7 Å². The van der Waals surface area contributed by atoms with Crippen molar-refractivity contribution < 1.29 is 77.8 Å². The normalized spacial score (nSPS) is 49.7. The molecular formula is C48H76O16. The number of fused-ring (bicyclic) bond motifs is 5. The molecular weight excluding hydrogens is 833 g/mol. The van der Waals surface area contributed by atoms with Crippen LogP contribution in [0.15, 0.2) is 23.3 Å². The molecule has 16 nitrogen and oxygen atoms in total. The fraction of sp³-hybridized carbons (Fsp3) is 0.875. The summed E-state index contributed by atoms with van der Waals surface area (Å²) in [6, 6.07) is 0. The van der Waals surface area contributed by atoms with Gasteiger partial charge in [0.05, 0.1) is 48.1 Å². The summed E-state index contributed by atoms with van der Waals surface area (Å²) in [5, 5.41) is 59.6. The molecule has 7 rings (SSSR count). The van der Waals surface area contributed by atoms with E-state index in [0.717, 1.165) is 11.1 Å². The van der Waals surface area contributed by atoms with Crippen molar-refractivity contribution in [3.8, 4) is 0 Å². The molecule has 20 atom stereocenters. The number of ketones is 1. The lowest BCUT2D eigenvalue weighted by Gasteiger charge is -2.67. The van der Waals surface area contributed by atoms with E-state index in [1.807, 2.05) is 40.7 Å². The highest BCUT2D eigenvalue weighted by molar-refractivity contribution is 5.87. The number of esters is 1. The summed E-state index contributed by atoms with van der Waals surface area (Å²) in [6.07, 6.45) is -2.53. The number of ether oxygens (including phenoxy) is 9. The molecule has 3 saturated carbocycles. The molecule has 6 fully saturated rings. The molecule has 3 aliphatic heterocycles. The highest BCUT2D eigenvalue weighted by Gasteiger charge is 2.81. The fourth-order valence-electron chi connectivity index (χ4n) is 12.7. The van der Waals surface area contributed by atoms with E-state index >= 15 is 0 Å². The number of carbonyl (C=O) groups is 2. The number of carbonyl (C=O) groups excluding carboxylic acids is 2. The molecule has 20 unspecified atom stereocenters. The van der Waals surface area contributed by atoms with E-state index < -0.39 is 125 Å². The van der Waals surface area contributed by atoms with Gasteiger partial charge >= 0.3 is 5.97 Å². The van der Waals surface area contributed by atoms with Gasteiger partial charge in [0.1, 0.15) is 41.2 Å². The molecule has 0 aromatic rings. The summed E-state index contributed by atoms with van der Waals surface area (Å²) >= 11 is 0. The summed E-state index contributed by atoms with van der Waals surface area (Å²) < 4.78 is 55.4. The summed E-state index contributed by atoms with van der Waals surface area (Å²) in [5.41, 5.74) is -6.15. The Labute approximate surface area is 378 Å². The number of hydrogen-bond acceptors (Lipinski definition) is 16. The Morgan fingerprint density at radius 2 is 1.39 bits per heavy atom. The van der Waals surface area contributed by atoms with Gasteiger partial charge in [-0.15, -0.1) is 0 Å². The van der Waals surface area contributed by atoms with Gasteiger partial charge in [-0.05, 0) is 97.8 Å². The predicted molar refractivity (Wildman–Crippen MR) is 229 cm³/mol. The van der Waals surface area contributed by atoms with Gasteiger partial charge in [0.2, 0.25) is 0 Å². The van der Waals surface area contributed by atoms with E-state index in [4.69, 9.17) is 42.6 Å². The van der Waals surface area contributed by atoms with Gasteiger partial charge in [0.25, 0.3) is 0 Å². The maximum atomic E-state index is 13.5. The number of allylic oxidation sites excluding steroid dienone is 1. The number of rotatable bonds is 12. The highest BCUT2D eigenvalue weighted by atomic mass is 16.7. The maximum Gasteiger partial charge on any atom is 0.330 e. The molecule has 0 aromatic carbocycles. The van der Waals surface area contributed by atoms with Crippen LogP contribution in [0.4, 0.5) is 0 Å². The summed E-state index contributed by atoms with van der Waals surface area (Å²) in [6.45, 7) is 16.2. The standard InChI is InChI=1S/C48H76O16/c1-24(2)25(3)18-37(51)62-36-23-35-44(8)14-13-31(19-30(44)12-15-47(35,54)48(55)17-16-46(53,29(7)49)45(36,48)9)61-38-20-32(50)42(27(5)59-38)63-40-22-34(57-11)43(28(6)60-40)64-39-21-33(56-10)41(52)26(4)58-39/h12,18,24,26-28,31-36,38-43,50,52-55H,13-17,19-23H2,1-11H3/b25-18+. The average Bonchev–Trinajstić information content (AvgIpc) is 3.46. The van der Waals surface area contributed by atoms with E-state index in [1.54, 1.807) is 28.1 Å². The van der Waals surface area contributed by atoms with Crippen molar-refractivity contribution in [2.45, 2.75) is 229 Å². The summed E-state index contributed by atoms with van der Waals surface area (Å²) in [5.74, 6) is -1.63. The second kappa shape index (κ2) is 18.5. The molecule has 5 N–H and O–H groups in total. The number of aliphatic hydroxyl groups is 5. The summed E-state index contributed by atoms with van der Waals surface area (Å²) in [7, 11) is 3.15. The first-order chi connectivity index (χ1) is 30.0. The SMILES string of the molecule is COC1CC(OC2C(C)OC(OC3C(O)CC(OC4CCC5(C)C(=CCC6(O)C5CC(OC(=O)/C=C(\C)C(C)C)C5(C)C(O)(C(C)=O)CCC65O)C4)OC3C)CC2OC)OC(C)C1O. The van der Waals surface area contributed by atoms with Crippen molar-refractivity contribution in [2.75, 3.05) is 14.2 Å². The zero-order valence-electron chi connectivity index (χ0n) is 39.7. The quantitative estimate of drug-likeness (QED) is 0.106. The molecule has 7 aliphatic rings. The van der Waals surface area contributed by atoms with E-state index in [2.05, 4.69) is 6.92 Å². The van der Waals surface area contributed by atoms with Gasteiger partial charge < -0.3 is 68.2 Å². The average molecular weight is 909 g/mol. The molecule has 0 radical (unpaired) electrons. The van der Waals surface area contributed by atoms with Gasteiger partial charge in [-0.2, -0.15) is 0 Å². The third-order valence-corrected chi connectivity index (χ3v) is 17.1. The van der Waals surface area contributed by atoms with E-state index in [9.17, 15) is 35.1 Å². The van der Waals surface area contributed by atoms with Crippen molar-refractivity contribution in [1.82, 2.24) is 0 Å². The summed E-state index contributed by atoms with van der Waals surface area (Å²) in [4.78, 5) is 26.7. The van der Waals surface area contributed by atoms with Crippen molar-refractivity contribution in [1.29, 1.82) is 0 Å². The van der Waals surface area contributed by atoms with Gasteiger partial charge in [0, 0.05) is 45.5 Å². The van der Waals surface area contributed by atoms with Crippen molar-refractivity contribution >= 4 is 11.8 Å². The second-order valence-electron chi connectivity index (χ2n) is 20.8. The van der Waals surface area contributed by atoms with Crippen molar-refractivity contribution in [3.05, 3.63) is 23.3 Å². The lowest BCUT2D eigenvalue weighted by atomic mass is 9.42. The Kier molecular flexibility index (Phi) is 14.5. The molecule has 3 saturated heterocycles. The van der Waals surface area contributed by atoms with Crippen LogP contribution in [0.3, 0.4) is 0 Å². The van der Waals surface area contributed by atoms with E-state index in [-0.39, 0.29) is 44.1 Å². The molecule has 0 amide bonds. The number of Topliss-reactive ketones (excluding diaryl/α,β-unsaturated/α-hetero) is 1. The Balaban J connectivity index is 0.995. The van der Waals surface area contributed by atoms with Crippen LogP contribution < -0.4 is 0 Å². The topological polar surface area (TPSA) is 218 Å². The Morgan fingerprint density at radius 1 is 0.797 bits per heavy atom. The third-order valence-electron chi connectivity index (χ3n) is 17.1. The number of aliphatic hydroxyl groups excluding tert-OH is 2. The van der Waals surface area contributed by atoms with Crippen LogP contribution in [-0.4, -0.2) is 154 Å². The first-order valence-corrected chi connectivity index (χ1v) is 23.6. The third kappa shape index (κ3) is 8.40. The largest absolute Gasteiger partial charge is 0.458 e. The monoisotopic (exact) mass is 909 g/mol. The van der Waals surface area contributed by atoms with Crippen LogP contribution in [-0.2, 0) is 52.2 Å². The van der Waals surface area contributed by atoms with Gasteiger partial charge in [0.15, 0.2) is 24.7 Å². The predicted octanol–water partition coefficient (Wildman–Crippen LogP) is 3.94. The van der Waals surface area contributed by atoms with Crippen LogP contribution in [0.1, 0.15) is 127 Å². The molecule has 4 aliphatic carbocycles. The van der Waals surface area contributed by atoms with Crippen LogP contribution in [0.5, 0.6) is 0 Å². The van der Waals surface area contributed by atoms with Crippen LogP contribution in [0.2, 0.25) is 0 Å². The first-order valence-electron chi connectivity index (χ1n) is 23.6. The number of hydrogen-bond donors (Lipinski definition) is 5. The Bertz CT molecular complexity index is 1760. The zero-order chi connectivity index (χ0) is 46.9. The molecule has 0 bridgehead atoms. The molecule has 64 heavy (non-hydrogen) atoms. The zero-order valence-corrected chi connectivity index (χ0v) is 39.7. The minimum absolute atomic E-state index is 0.0398. The van der Waals surface area contributed by atoms with E-state index in [0.29, 0.717) is 32.1 Å². The molecule has 0 spiro atoms. The second-order valence-corrected chi connectivity index (χ2v) is 20.8. The highest BCUT2D eigenvalue weighted by Crippen LogP contribution is 2.71. The molecule has 364 valence electrons. The van der Waals surface area contributed by atoms with Crippen LogP contribution >= 0.6 is 0 Å². The Hall–Kier alpha value is -1.90. The molecule has 3 heterocycles. The minimum Gasteiger partial charge on any atom is -0.458 e. The molecule has 0 aromatic heterocycles. The first kappa shape index (κ1) is 50.0. The van der Waals surface area contributed by atoms with Crippen molar-refractivity contribution in [3.63, 3.8) is 0 Å². The minimum atomic E-state index is -2.02.